The summed E-state index contributed by atoms with van der Waals surface area (Å²) < 4.78 is 22.7. The summed E-state index contributed by atoms with van der Waals surface area (Å²) in [7, 11) is -2.93. The fourth-order valence-corrected chi connectivity index (χ4v) is 5.44. The summed E-state index contributed by atoms with van der Waals surface area (Å²) in [6.45, 7) is 4.21. The number of nitrogens with zero attached hydrogens (tertiary/aromatic N) is 2. The largest absolute Gasteiger partial charge is 0.301 e. The van der Waals surface area contributed by atoms with E-state index in [0.717, 1.165) is 17.8 Å². The maximum atomic E-state index is 11.9. The van der Waals surface area contributed by atoms with Gasteiger partial charge in [0, 0.05) is 12.3 Å². The van der Waals surface area contributed by atoms with Crippen molar-refractivity contribution in [2.24, 2.45) is 5.92 Å². The molecule has 1 amide bonds. The van der Waals surface area contributed by atoms with Gasteiger partial charge in [-0.15, -0.1) is 10.2 Å². The first-order valence-electron chi connectivity index (χ1n) is 7.27. The molecule has 1 aliphatic rings. The third-order valence-corrected chi connectivity index (χ3v) is 6.66. The van der Waals surface area contributed by atoms with Crippen LogP contribution >= 0.6 is 11.3 Å². The summed E-state index contributed by atoms with van der Waals surface area (Å²) in [5.74, 6) is 0.455. The number of carbonyl (C=O) groups excluding carboxylic acids is 1. The third-order valence-electron chi connectivity index (χ3n) is 3.82. The van der Waals surface area contributed by atoms with Crippen molar-refractivity contribution in [3.8, 4) is 0 Å². The Kier molecular flexibility index (Phi) is 5.32. The number of amides is 1. The monoisotopic (exact) mass is 331 g/mol. The second kappa shape index (κ2) is 6.83. The molecule has 1 aliphatic heterocycles. The zero-order valence-corrected chi connectivity index (χ0v) is 14.0. The van der Waals surface area contributed by atoms with Crippen molar-refractivity contribution in [2.45, 2.75) is 45.4 Å². The molecule has 0 aromatic carbocycles. The number of nitrogens with one attached hydrogen (secondary N) is 1. The molecule has 0 bridgehead atoms. The molecule has 2 heterocycles. The quantitative estimate of drug-likeness (QED) is 0.863. The molecule has 2 rings (SSSR count). The maximum Gasteiger partial charge on any atom is 0.226 e. The molecule has 1 N–H and O–H groups in total. The van der Waals surface area contributed by atoms with Crippen LogP contribution in [0.5, 0.6) is 0 Å². The van der Waals surface area contributed by atoms with E-state index < -0.39 is 9.84 Å². The number of anilines is 1. The highest BCUT2D eigenvalue weighted by Crippen LogP contribution is 2.28. The minimum absolute atomic E-state index is 0.0681. The van der Waals surface area contributed by atoms with E-state index in [1.807, 2.05) is 0 Å². The minimum Gasteiger partial charge on any atom is -0.301 e. The molecule has 6 nitrogen and oxygen atoms in total. The summed E-state index contributed by atoms with van der Waals surface area (Å²) in [5, 5.41) is 12.3. The summed E-state index contributed by atoms with van der Waals surface area (Å²) >= 11 is 1.40. The Morgan fingerprint density at radius 3 is 2.67 bits per heavy atom. The number of hydrogen-bond acceptors (Lipinski definition) is 6. The summed E-state index contributed by atoms with van der Waals surface area (Å²) in [6.07, 6.45) is 2.81. The second-order valence-corrected chi connectivity index (χ2v) is 8.72. The maximum absolute atomic E-state index is 11.9. The van der Waals surface area contributed by atoms with E-state index in [4.69, 9.17) is 0 Å². The number of sulfone groups is 1. The Labute approximate surface area is 129 Å². The molecule has 1 aromatic heterocycles. The van der Waals surface area contributed by atoms with Gasteiger partial charge in [-0.3, -0.25) is 4.79 Å². The van der Waals surface area contributed by atoms with Crippen LogP contribution in [0.4, 0.5) is 5.13 Å². The molecule has 8 heteroatoms. The van der Waals surface area contributed by atoms with Crippen LogP contribution in [0.25, 0.3) is 0 Å². The number of hydrogen-bond donors (Lipinski definition) is 1. The normalized spacial score (nSPS) is 20.8. The summed E-state index contributed by atoms with van der Waals surface area (Å²) in [4.78, 5) is 11.9. The average Bonchev–Trinajstić information content (AvgIpc) is 2.98. The fourth-order valence-electron chi connectivity index (χ4n) is 2.55. The van der Waals surface area contributed by atoms with Crippen molar-refractivity contribution in [2.75, 3.05) is 16.8 Å². The first kappa shape index (κ1) is 16.4. The van der Waals surface area contributed by atoms with Crippen LogP contribution in [0.2, 0.25) is 0 Å². The number of rotatable bonds is 6. The van der Waals surface area contributed by atoms with Gasteiger partial charge in [0.15, 0.2) is 9.84 Å². The van der Waals surface area contributed by atoms with Gasteiger partial charge in [-0.25, -0.2) is 8.42 Å². The van der Waals surface area contributed by atoms with Crippen LogP contribution in [0.15, 0.2) is 0 Å². The Hall–Kier alpha value is -1.02. The van der Waals surface area contributed by atoms with Gasteiger partial charge in [0.25, 0.3) is 0 Å². The summed E-state index contributed by atoms with van der Waals surface area (Å²) in [5.41, 5.74) is 0. The predicted molar refractivity (Wildman–Crippen MR) is 83.2 cm³/mol. The number of carbonyl (C=O) groups is 1. The number of aromatic nitrogens is 2. The van der Waals surface area contributed by atoms with Gasteiger partial charge in [-0.1, -0.05) is 25.2 Å². The van der Waals surface area contributed by atoms with Crippen LogP contribution in [0, 0.1) is 5.92 Å². The topological polar surface area (TPSA) is 89.0 Å². The van der Waals surface area contributed by atoms with Crippen LogP contribution in [0.1, 0.15) is 50.5 Å². The van der Waals surface area contributed by atoms with Crippen LogP contribution in [0.3, 0.4) is 0 Å². The van der Waals surface area contributed by atoms with Crippen molar-refractivity contribution >= 4 is 32.2 Å². The van der Waals surface area contributed by atoms with Crippen LogP contribution in [-0.2, 0) is 14.6 Å². The molecular weight excluding hydrogens is 310 g/mol. The van der Waals surface area contributed by atoms with Gasteiger partial charge in [0.1, 0.15) is 5.01 Å². The first-order valence-corrected chi connectivity index (χ1v) is 9.91. The first-order chi connectivity index (χ1) is 9.93. The van der Waals surface area contributed by atoms with Gasteiger partial charge in [-0.05, 0) is 25.2 Å². The predicted octanol–water partition coefficient (Wildman–Crippen LogP) is 2.21. The van der Waals surface area contributed by atoms with Crippen molar-refractivity contribution in [3.05, 3.63) is 5.01 Å². The molecular formula is C13H21N3O3S2. The van der Waals surface area contributed by atoms with Crippen molar-refractivity contribution < 1.29 is 13.2 Å². The Balaban J connectivity index is 1.88. The standard InChI is InChI=1S/C13H21N3O3S2/c1-3-10(4-2)12-15-16-13(20-12)14-11(17)7-9-5-6-21(18,19)8-9/h9-10H,3-8H2,1-2H3,(H,14,16,17). The zero-order valence-electron chi connectivity index (χ0n) is 12.3. The van der Waals surface area contributed by atoms with E-state index in [1.54, 1.807) is 0 Å². The molecule has 1 aromatic rings. The SMILES string of the molecule is CCC(CC)c1nnc(NC(=O)CC2CCS(=O)(=O)C2)s1. The highest BCUT2D eigenvalue weighted by atomic mass is 32.2. The highest BCUT2D eigenvalue weighted by Gasteiger charge is 2.29. The Morgan fingerprint density at radius 2 is 2.10 bits per heavy atom. The van der Waals surface area contributed by atoms with Gasteiger partial charge in [-0.2, -0.15) is 0 Å². The lowest BCUT2D eigenvalue weighted by Crippen LogP contribution is -2.17. The van der Waals surface area contributed by atoms with E-state index in [9.17, 15) is 13.2 Å². The van der Waals surface area contributed by atoms with Crippen molar-refractivity contribution in [1.29, 1.82) is 0 Å². The molecule has 118 valence electrons. The van der Waals surface area contributed by atoms with Gasteiger partial charge in [0.05, 0.1) is 11.5 Å². The molecule has 0 spiro atoms. The van der Waals surface area contributed by atoms with Crippen LogP contribution in [-0.4, -0.2) is 36.0 Å². The van der Waals surface area contributed by atoms with E-state index >= 15 is 0 Å². The molecule has 1 saturated heterocycles. The van der Waals surface area contributed by atoms with Crippen molar-refractivity contribution in [3.63, 3.8) is 0 Å². The Morgan fingerprint density at radius 1 is 1.38 bits per heavy atom. The average molecular weight is 331 g/mol. The zero-order chi connectivity index (χ0) is 15.5. The second-order valence-electron chi connectivity index (χ2n) is 5.48. The molecule has 1 unspecified atom stereocenters. The van der Waals surface area contributed by atoms with E-state index in [2.05, 4.69) is 29.4 Å². The van der Waals surface area contributed by atoms with Gasteiger partial charge < -0.3 is 5.32 Å². The lowest BCUT2D eigenvalue weighted by molar-refractivity contribution is -0.116. The van der Waals surface area contributed by atoms with Gasteiger partial charge >= 0.3 is 0 Å². The van der Waals surface area contributed by atoms with E-state index in [1.165, 1.54) is 11.3 Å². The van der Waals surface area contributed by atoms with Crippen molar-refractivity contribution in [1.82, 2.24) is 10.2 Å². The lowest BCUT2D eigenvalue weighted by Gasteiger charge is -2.07. The highest BCUT2D eigenvalue weighted by molar-refractivity contribution is 7.91. The summed E-state index contributed by atoms with van der Waals surface area (Å²) in [6, 6.07) is 0. The molecule has 0 aliphatic carbocycles. The third kappa shape index (κ3) is 4.47. The molecule has 1 fully saturated rings. The molecule has 0 saturated carbocycles. The Bertz CT molecular complexity index is 594. The molecule has 1 atom stereocenters. The van der Waals surface area contributed by atoms with Crippen LogP contribution < -0.4 is 5.32 Å². The molecule has 21 heavy (non-hydrogen) atoms. The lowest BCUT2D eigenvalue weighted by atomic mass is 10.1. The fraction of sp³-hybridized carbons (Fsp3) is 0.769. The smallest absolute Gasteiger partial charge is 0.226 e. The molecule has 0 radical (unpaired) electrons. The minimum atomic E-state index is -2.93. The van der Waals surface area contributed by atoms with E-state index in [0.29, 0.717) is 17.5 Å². The van der Waals surface area contributed by atoms with Gasteiger partial charge in [0.2, 0.25) is 11.0 Å². The van der Waals surface area contributed by atoms with E-state index in [-0.39, 0.29) is 29.8 Å².